The molecule has 0 saturated heterocycles. The summed E-state index contributed by atoms with van der Waals surface area (Å²) in [5, 5.41) is 8.70. The van der Waals surface area contributed by atoms with Gasteiger partial charge < -0.3 is 14.4 Å². The van der Waals surface area contributed by atoms with Crippen LogP contribution in [0.15, 0.2) is 20.0 Å². The van der Waals surface area contributed by atoms with Crippen LogP contribution >= 0.6 is 15.9 Å². The maximum absolute atomic E-state index is 11.9. The number of hydrogen-bond donors (Lipinski definition) is 2. The molecule has 1 aromatic rings. The monoisotopic (exact) mass is 340 g/mol. The topological polar surface area (TPSA) is 99.9 Å². The fourth-order valence-corrected chi connectivity index (χ4v) is 3.08. The average molecular weight is 341 g/mol. The third-order valence-electron chi connectivity index (χ3n) is 2.01. The van der Waals surface area contributed by atoms with Gasteiger partial charge in [-0.2, -0.15) is 0 Å². The van der Waals surface area contributed by atoms with Crippen molar-refractivity contribution in [1.29, 1.82) is 0 Å². The number of likely N-dealkylation sites (N-methyl/N-ethyl adjacent to an activating group) is 1. The quantitative estimate of drug-likeness (QED) is 0.785. The summed E-state index contributed by atoms with van der Waals surface area (Å²) in [7, 11) is -0.160. The molecule has 0 aliphatic carbocycles. The highest BCUT2D eigenvalue weighted by Gasteiger charge is 2.24. The number of nitrogens with one attached hydrogen (secondary N) is 1. The average Bonchev–Trinajstić information content (AvgIpc) is 2.60. The van der Waals surface area contributed by atoms with Crippen molar-refractivity contribution in [2.45, 2.75) is 4.90 Å². The summed E-state index contributed by atoms with van der Waals surface area (Å²) >= 11 is 2.88. The molecule has 0 aliphatic rings. The molecule has 1 rings (SSSR count). The van der Waals surface area contributed by atoms with Gasteiger partial charge in [-0.05, 0) is 30.0 Å². The van der Waals surface area contributed by atoms with Crippen molar-refractivity contribution in [3.05, 3.63) is 16.5 Å². The second-order valence-electron chi connectivity index (χ2n) is 3.75. The van der Waals surface area contributed by atoms with Gasteiger partial charge in [-0.25, -0.2) is 17.9 Å². The lowest BCUT2D eigenvalue weighted by Crippen LogP contribution is -2.31. The number of carboxylic acid groups (broad SMARTS) is 1. The molecule has 9 heteroatoms. The van der Waals surface area contributed by atoms with E-state index in [1.807, 2.05) is 19.0 Å². The number of nitrogens with zero attached hydrogens (tertiary/aromatic N) is 1. The molecule has 0 bridgehead atoms. The van der Waals surface area contributed by atoms with Gasteiger partial charge in [-0.15, -0.1) is 0 Å². The number of rotatable bonds is 6. The Labute approximate surface area is 113 Å². The van der Waals surface area contributed by atoms with E-state index in [2.05, 4.69) is 20.7 Å². The molecule has 0 unspecified atom stereocenters. The fraction of sp³-hybridized carbons (Fsp3) is 0.444. The number of furan rings is 1. The number of carbonyl (C=O) groups is 1. The Balaban J connectivity index is 2.88. The van der Waals surface area contributed by atoms with Gasteiger partial charge in [0.2, 0.25) is 15.8 Å². The standard InChI is InChI=1S/C9H13BrN2O5S/c1-12(2)4-3-11-18(15,16)7-5-6(9(13)14)17-8(7)10/h5,11H,3-4H2,1-2H3,(H,13,14). The molecule has 0 spiro atoms. The van der Waals surface area contributed by atoms with Gasteiger partial charge in [-0.1, -0.05) is 0 Å². The predicted molar refractivity (Wildman–Crippen MR) is 67.1 cm³/mol. The highest BCUT2D eigenvalue weighted by molar-refractivity contribution is 9.10. The zero-order valence-electron chi connectivity index (χ0n) is 9.81. The van der Waals surface area contributed by atoms with Crippen molar-refractivity contribution >= 4 is 31.9 Å². The molecular weight excluding hydrogens is 328 g/mol. The van der Waals surface area contributed by atoms with E-state index in [0.717, 1.165) is 6.07 Å². The van der Waals surface area contributed by atoms with Crippen LogP contribution in [-0.2, 0) is 10.0 Å². The van der Waals surface area contributed by atoms with Crippen LogP contribution in [0.1, 0.15) is 10.6 Å². The van der Waals surface area contributed by atoms with Crippen LogP contribution in [0.3, 0.4) is 0 Å². The molecule has 7 nitrogen and oxygen atoms in total. The largest absolute Gasteiger partial charge is 0.475 e. The highest BCUT2D eigenvalue weighted by Crippen LogP contribution is 2.25. The highest BCUT2D eigenvalue weighted by atomic mass is 79.9. The van der Waals surface area contributed by atoms with E-state index in [0.29, 0.717) is 6.54 Å². The Bertz CT molecular complexity index is 537. The lowest BCUT2D eigenvalue weighted by molar-refractivity contribution is 0.0661. The Morgan fingerprint density at radius 3 is 2.61 bits per heavy atom. The van der Waals surface area contributed by atoms with Crippen molar-refractivity contribution in [1.82, 2.24) is 9.62 Å². The lowest BCUT2D eigenvalue weighted by Gasteiger charge is -2.10. The smallest absolute Gasteiger partial charge is 0.371 e. The molecule has 102 valence electrons. The minimum absolute atomic E-state index is 0.128. The summed E-state index contributed by atoms with van der Waals surface area (Å²) in [6.45, 7) is 0.746. The third kappa shape index (κ3) is 3.80. The molecule has 2 N–H and O–H groups in total. The minimum atomic E-state index is -3.78. The first-order chi connectivity index (χ1) is 8.24. The molecule has 1 aromatic heterocycles. The Kier molecular flexibility index (Phi) is 4.91. The molecule has 0 radical (unpaired) electrons. The number of sulfonamides is 1. The van der Waals surface area contributed by atoms with Gasteiger partial charge in [-0.3, -0.25) is 0 Å². The predicted octanol–water partition coefficient (Wildman–Crippen LogP) is 0.580. The van der Waals surface area contributed by atoms with E-state index >= 15 is 0 Å². The van der Waals surface area contributed by atoms with E-state index in [1.165, 1.54) is 0 Å². The summed E-state index contributed by atoms with van der Waals surface area (Å²) in [6, 6.07) is 0.963. The number of carboxylic acids is 1. The molecule has 0 aromatic carbocycles. The Morgan fingerprint density at radius 2 is 2.17 bits per heavy atom. The number of hydrogen-bond acceptors (Lipinski definition) is 5. The van der Waals surface area contributed by atoms with Crippen LogP contribution in [0, 0.1) is 0 Å². The zero-order chi connectivity index (χ0) is 13.9. The zero-order valence-corrected chi connectivity index (χ0v) is 12.2. The van der Waals surface area contributed by atoms with Crippen LogP contribution in [0.4, 0.5) is 0 Å². The first kappa shape index (κ1) is 15.2. The first-order valence-corrected chi connectivity index (χ1v) is 7.18. The van der Waals surface area contributed by atoms with Gasteiger partial charge in [0.15, 0.2) is 4.67 Å². The van der Waals surface area contributed by atoms with Crippen LogP contribution in [0.5, 0.6) is 0 Å². The normalized spacial score (nSPS) is 12.0. The Hall–Kier alpha value is -0.900. The summed E-state index contributed by atoms with van der Waals surface area (Å²) in [6.07, 6.45) is 0. The van der Waals surface area contributed by atoms with Gasteiger partial charge in [0.1, 0.15) is 4.90 Å². The van der Waals surface area contributed by atoms with Crippen molar-refractivity contribution in [2.24, 2.45) is 0 Å². The van der Waals surface area contributed by atoms with E-state index < -0.39 is 21.8 Å². The summed E-state index contributed by atoms with van der Waals surface area (Å²) in [4.78, 5) is 12.3. The van der Waals surface area contributed by atoms with Crippen LogP contribution in [0.25, 0.3) is 0 Å². The van der Waals surface area contributed by atoms with E-state index in [4.69, 9.17) is 9.52 Å². The lowest BCUT2D eigenvalue weighted by atomic mass is 10.5. The van der Waals surface area contributed by atoms with Gasteiger partial charge in [0.25, 0.3) is 0 Å². The first-order valence-electron chi connectivity index (χ1n) is 4.91. The van der Waals surface area contributed by atoms with E-state index in [-0.39, 0.29) is 16.1 Å². The summed E-state index contributed by atoms with van der Waals surface area (Å²) in [5.41, 5.74) is 0. The SMILES string of the molecule is CN(C)CCNS(=O)(=O)c1cc(C(=O)O)oc1Br. The molecule has 0 saturated carbocycles. The molecule has 18 heavy (non-hydrogen) atoms. The van der Waals surface area contributed by atoms with Crippen molar-refractivity contribution < 1.29 is 22.7 Å². The molecular formula is C9H13BrN2O5S. The number of aromatic carboxylic acids is 1. The number of halogens is 1. The van der Waals surface area contributed by atoms with Gasteiger partial charge >= 0.3 is 5.97 Å². The van der Waals surface area contributed by atoms with Gasteiger partial charge in [0, 0.05) is 19.2 Å². The van der Waals surface area contributed by atoms with E-state index in [1.54, 1.807) is 0 Å². The van der Waals surface area contributed by atoms with Crippen molar-refractivity contribution in [3.63, 3.8) is 0 Å². The summed E-state index contributed by atoms with van der Waals surface area (Å²) < 4.78 is 30.7. The van der Waals surface area contributed by atoms with E-state index in [9.17, 15) is 13.2 Å². The maximum atomic E-state index is 11.9. The van der Waals surface area contributed by atoms with Crippen molar-refractivity contribution in [2.75, 3.05) is 27.2 Å². The van der Waals surface area contributed by atoms with Crippen LogP contribution in [-0.4, -0.2) is 51.6 Å². The summed E-state index contributed by atoms with van der Waals surface area (Å²) in [5.74, 6) is -1.76. The molecule has 0 amide bonds. The second-order valence-corrected chi connectivity index (χ2v) is 6.21. The molecule has 0 aliphatic heterocycles. The molecule has 0 fully saturated rings. The fourth-order valence-electron chi connectivity index (χ4n) is 1.12. The maximum Gasteiger partial charge on any atom is 0.371 e. The second kappa shape index (κ2) is 5.83. The molecule has 1 heterocycles. The van der Waals surface area contributed by atoms with Crippen LogP contribution in [0.2, 0.25) is 0 Å². The Morgan fingerprint density at radius 1 is 1.56 bits per heavy atom. The molecule has 0 atom stereocenters. The van der Waals surface area contributed by atoms with Gasteiger partial charge in [0.05, 0.1) is 0 Å². The minimum Gasteiger partial charge on any atom is -0.475 e. The van der Waals surface area contributed by atoms with Crippen molar-refractivity contribution in [3.8, 4) is 0 Å². The third-order valence-corrected chi connectivity index (χ3v) is 4.32. The van der Waals surface area contributed by atoms with Crippen LogP contribution < -0.4 is 4.72 Å².